The highest BCUT2D eigenvalue weighted by Crippen LogP contribution is 2.23. The molecule has 1 heterocycles. The summed E-state index contributed by atoms with van der Waals surface area (Å²) in [5.41, 5.74) is 2.94. The van der Waals surface area contributed by atoms with E-state index in [0.29, 0.717) is 0 Å². The molecule has 0 saturated carbocycles. The fourth-order valence-corrected chi connectivity index (χ4v) is 3.46. The first kappa shape index (κ1) is 18.5. The third-order valence-corrected chi connectivity index (χ3v) is 4.81. The quantitative estimate of drug-likeness (QED) is 0.366. The van der Waals surface area contributed by atoms with E-state index in [4.69, 9.17) is 4.74 Å². The molecule has 3 aromatic rings. The molecule has 0 spiro atoms. The van der Waals surface area contributed by atoms with Crippen LogP contribution >= 0.6 is 11.3 Å². The maximum Gasteiger partial charge on any atom is 0.269 e. The van der Waals surface area contributed by atoms with Crippen molar-refractivity contribution in [1.82, 2.24) is 4.57 Å². The average molecular weight is 382 g/mol. The molecule has 0 bridgehead atoms. The van der Waals surface area contributed by atoms with Crippen molar-refractivity contribution < 1.29 is 9.66 Å². The Morgan fingerprint density at radius 1 is 1.19 bits per heavy atom. The van der Waals surface area contributed by atoms with Crippen LogP contribution in [0.1, 0.15) is 12.5 Å². The number of nitrogens with zero attached hydrogens (tertiary/aromatic N) is 4. The summed E-state index contributed by atoms with van der Waals surface area (Å²) in [5, 5.41) is 21.2. The monoisotopic (exact) mass is 382 g/mol. The van der Waals surface area contributed by atoms with Gasteiger partial charge in [0.05, 0.1) is 23.9 Å². The van der Waals surface area contributed by atoms with E-state index in [1.807, 2.05) is 29.6 Å². The highest BCUT2D eigenvalue weighted by Gasteiger charge is 2.07. The van der Waals surface area contributed by atoms with Gasteiger partial charge in [-0.15, -0.1) is 16.4 Å². The van der Waals surface area contributed by atoms with Gasteiger partial charge in [-0.05, 0) is 54.4 Å². The Balaban J connectivity index is 1.85. The minimum atomic E-state index is -0.429. The van der Waals surface area contributed by atoms with Crippen LogP contribution in [0.25, 0.3) is 11.3 Å². The molecule has 8 heteroatoms. The lowest BCUT2D eigenvalue weighted by atomic mass is 10.1. The Morgan fingerprint density at radius 3 is 2.48 bits per heavy atom. The molecule has 0 amide bonds. The number of hydrogen-bond acceptors (Lipinski definition) is 6. The van der Waals surface area contributed by atoms with Gasteiger partial charge in [-0.2, -0.15) is 5.10 Å². The molecule has 27 heavy (non-hydrogen) atoms. The van der Waals surface area contributed by atoms with Crippen LogP contribution in [-0.4, -0.2) is 22.8 Å². The SMILES string of the molecule is CCn1c(-c2ccc(OC)cc2)cs/c1=N\N=C/c1ccc([N+](=O)[O-])cc1. The largest absolute Gasteiger partial charge is 0.497 e. The summed E-state index contributed by atoms with van der Waals surface area (Å²) in [4.78, 5) is 11.0. The van der Waals surface area contributed by atoms with Crippen LogP contribution in [0.5, 0.6) is 5.75 Å². The number of hydrogen-bond donors (Lipinski definition) is 0. The first-order chi connectivity index (χ1) is 13.1. The molecule has 0 unspecified atom stereocenters. The maximum absolute atomic E-state index is 10.7. The molecule has 138 valence electrons. The van der Waals surface area contributed by atoms with Crippen molar-refractivity contribution in [3.8, 4) is 17.0 Å². The van der Waals surface area contributed by atoms with Crippen LogP contribution in [0.3, 0.4) is 0 Å². The van der Waals surface area contributed by atoms with Gasteiger partial charge < -0.3 is 9.30 Å². The third kappa shape index (κ3) is 4.29. The van der Waals surface area contributed by atoms with Crippen molar-refractivity contribution in [2.24, 2.45) is 10.2 Å². The third-order valence-electron chi connectivity index (χ3n) is 3.95. The Hall–Kier alpha value is -3.26. The second-order valence-electron chi connectivity index (χ2n) is 5.57. The molecule has 0 atom stereocenters. The highest BCUT2D eigenvalue weighted by atomic mass is 32.1. The zero-order valence-corrected chi connectivity index (χ0v) is 15.7. The van der Waals surface area contributed by atoms with E-state index in [2.05, 4.69) is 21.7 Å². The summed E-state index contributed by atoms with van der Waals surface area (Å²) in [6.45, 7) is 2.82. The number of thiazole rings is 1. The van der Waals surface area contributed by atoms with Crippen LogP contribution in [0.4, 0.5) is 5.69 Å². The van der Waals surface area contributed by atoms with E-state index in [9.17, 15) is 10.1 Å². The Bertz CT molecular complexity index is 1020. The van der Waals surface area contributed by atoms with E-state index < -0.39 is 4.92 Å². The summed E-state index contributed by atoms with van der Waals surface area (Å²) in [6.07, 6.45) is 1.58. The number of non-ortho nitro benzene ring substituents is 1. The molecule has 0 radical (unpaired) electrons. The molecular formula is C19H18N4O3S. The minimum Gasteiger partial charge on any atom is -0.497 e. The van der Waals surface area contributed by atoms with E-state index in [1.54, 1.807) is 25.5 Å². The van der Waals surface area contributed by atoms with Gasteiger partial charge in [0, 0.05) is 24.1 Å². The summed E-state index contributed by atoms with van der Waals surface area (Å²) in [6, 6.07) is 14.0. The first-order valence-electron chi connectivity index (χ1n) is 8.26. The molecule has 3 rings (SSSR count). The molecule has 0 aliphatic heterocycles. The van der Waals surface area contributed by atoms with E-state index in [1.165, 1.54) is 23.5 Å². The molecule has 0 fully saturated rings. The predicted octanol–water partition coefficient (Wildman–Crippen LogP) is 4.09. The topological polar surface area (TPSA) is 82.0 Å². The van der Waals surface area contributed by atoms with Crippen LogP contribution in [-0.2, 0) is 6.54 Å². The van der Waals surface area contributed by atoms with E-state index >= 15 is 0 Å². The zero-order valence-electron chi connectivity index (χ0n) is 14.9. The normalized spacial score (nSPS) is 11.9. The molecule has 0 N–H and O–H groups in total. The molecule has 0 aliphatic carbocycles. The smallest absolute Gasteiger partial charge is 0.269 e. The van der Waals surface area contributed by atoms with Crippen molar-refractivity contribution in [3.63, 3.8) is 0 Å². The van der Waals surface area contributed by atoms with Crippen molar-refractivity contribution in [3.05, 3.63) is 74.4 Å². The van der Waals surface area contributed by atoms with Crippen molar-refractivity contribution in [1.29, 1.82) is 0 Å². The summed E-state index contributed by atoms with van der Waals surface area (Å²) in [5.74, 6) is 0.814. The lowest BCUT2D eigenvalue weighted by Crippen LogP contribution is -2.14. The lowest BCUT2D eigenvalue weighted by Gasteiger charge is -2.06. The standard InChI is InChI=1S/C19H18N4O3S/c1-3-22-18(15-6-10-17(26-2)11-7-15)13-27-19(22)21-20-12-14-4-8-16(9-5-14)23(24)25/h4-13H,3H2,1-2H3/b20-12-,21-19-. The Labute approximate surface area is 160 Å². The van der Waals surface area contributed by atoms with Crippen LogP contribution in [0.2, 0.25) is 0 Å². The van der Waals surface area contributed by atoms with Gasteiger partial charge in [-0.25, -0.2) is 0 Å². The molecule has 1 aromatic heterocycles. The fraction of sp³-hybridized carbons (Fsp3) is 0.158. The van der Waals surface area contributed by atoms with Crippen LogP contribution < -0.4 is 9.54 Å². The fourth-order valence-electron chi connectivity index (χ4n) is 2.53. The second kappa shape index (κ2) is 8.41. The Kier molecular flexibility index (Phi) is 5.77. The molecular weight excluding hydrogens is 364 g/mol. The highest BCUT2D eigenvalue weighted by molar-refractivity contribution is 7.07. The number of nitro groups is 1. The predicted molar refractivity (Wildman–Crippen MR) is 106 cm³/mol. The molecule has 0 saturated heterocycles. The number of aromatic nitrogens is 1. The molecule has 0 aliphatic rings. The number of ether oxygens (including phenoxy) is 1. The van der Waals surface area contributed by atoms with Gasteiger partial charge in [-0.3, -0.25) is 10.1 Å². The second-order valence-corrected chi connectivity index (χ2v) is 6.41. The minimum absolute atomic E-state index is 0.0512. The Morgan fingerprint density at radius 2 is 1.89 bits per heavy atom. The number of nitro benzene ring substituents is 1. The first-order valence-corrected chi connectivity index (χ1v) is 9.14. The van der Waals surface area contributed by atoms with E-state index in [-0.39, 0.29) is 5.69 Å². The molecule has 7 nitrogen and oxygen atoms in total. The van der Waals surface area contributed by atoms with Crippen molar-refractivity contribution in [2.75, 3.05) is 7.11 Å². The summed E-state index contributed by atoms with van der Waals surface area (Å²) < 4.78 is 7.29. The van der Waals surface area contributed by atoms with Gasteiger partial charge in [0.25, 0.3) is 5.69 Å². The zero-order chi connectivity index (χ0) is 19.2. The number of benzene rings is 2. The van der Waals surface area contributed by atoms with Gasteiger partial charge in [0.2, 0.25) is 4.80 Å². The number of methoxy groups -OCH3 is 1. The van der Waals surface area contributed by atoms with Crippen LogP contribution in [0.15, 0.2) is 64.1 Å². The summed E-state index contributed by atoms with van der Waals surface area (Å²) in [7, 11) is 1.64. The van der Waals surface area contributed by atoms with Gasteiger partial charge in [0.1, 0.15) is 5.75 Å². The lowest BCUT2D eigenvalue weighted by molar-refractivity contribution is -0.384. The maximum atomic E-state index is 10.7. The van der Waals surface area contributed by atoms with E-state index in [0.717, 1.165) is 33.9 Å². The van der Waals surface area contributed by atoms with Crippen molar-refractivity contribution >= 4 is 23.2 Å². The van der Waals surface area contributed by atoms with Crippen molar-refractivity contribution in [2.45, 2.75) is 13.5 Å². The van der Waals surface area contributed by atoms with Gasteiger partial charge in [0.15, 0.2) is 0 Å². The summed E-state index contributed by atoms with van der Waals surface area (Å²) >= 11 is 1.51. The van der Waals surface area contributed by atoms with Crippen LogP contribution in [0, 0.1) is 10.1 Å². The number of rotatable bonds is 6. The van der Waals surface area contributed by atoms with Gasteiger partial charge >= 0.3 is 0 Å². The average Bonchev–Trinajstić information content (AvgIpc) is 3.11. The van der Waals surface area contributed by atoms with Gasteiger partial charge in [-0.1, -0.05) is 0 Å². The molecule has 2 aromatic carbocycles.